The maximum atomic E-state index is 11.2. The Hall–Kier alpha value is -1.63. The number of carboxylic acids is 1. The minimum atomic E-state index is -1.31. The number of carboxylic acid groups (broad SMARTS) is 1. The number of amides is 3. The molecule has 3 amide bonds. The second-order valence-corrected chi connectivity index (χ2v) is 3.88. The molecule has 7 heteroatoms. The van der Waals surface area contributed by atoms with Crippen molar-refractivity contribution in [3.05, 3.63) is 0 Å². The van der Waals surface area contributed by atoms with Crippen molar-refractivity contribution in [2.75, 3.05) is 26.2 Å². The Kier molecular flexibility index (Phi) is 8.55. The van der Waals surface area contributed by atoms with Crippen molar-refractivity contribution in [3.8, 4) is 0 Å². The molecule has 0 radical (unpaired) electrons. The smallest absolute Gasteiger partial charge is 0.321 e. The van der Waals surface area contributed by atoms with E-state index in [1.54, 1.807) is 0 Å². The van der Waals surface area contributed by atoms with Gasteiger partial charge in [-0.25, -0.2) is 4.79 Å². The van der Waals surface area contributed by atoms with E-state index < -0.39 is 17.9 Å². The number of carbonyl (C=O) groups excluding carboxylic acids is 3. The number of hydrogen-bond donors (Lipinski definition) is 3. The van der Waals surface area contributed by atoms with E-state index in [2.05, 4.69) is 24.5 Å². The lowest BCUT2D eigenvalue weighted by Crippen LogP contribution is -3.12. The van der Waals surface area contributed by atoms with E-state index >= 15 is 0 Å². The molecule has 7 nitrogen and oxygen atoms in total. The van der Waals surface area contributed by atoms with Crippen LogP contribution >= 0.6 is 0 Å². The first-order valence-electron chi connectivity index (χ1n) is 6.10. The van der Waals surface area contributed by atoms with Gasteiger partial charge in [-0.05, 0) is 20.3 Å². The van der Waals surface area contributed by atoms with E-state index in [9.17, 15) is 19.5 Å². The second-order valence-electron chi connectivity index (χ2n) is 3.88. The topological polar surface area (TPSA) is 103 Å². The lowest BCUT2D eigenvalue weighted by atomic mass is 10.3. The molecule has 0 spiro atoms. The fourth-order valence-corrected chi connectivity index (χ4v) is 1.41. The van der Waals surface area contributed by atoms with Gasteiger partial charge < -0.3 is 20.1 Å². The number of urea groups is 1. The Morgan fingerprint density at radius 3 is 2.22 bits per heavy atom. The number of nitrogens with one attached hydrogen (secondary N) is 3. The predicted octanol–water partition coefficient (Wildman–Crippen LogP) is -2.73. The van der Waals surface area contributed by atoms with Crippen molar-refractivity contribution >= 4 is 17.9 Å². The van der Waals surface area contributed by atoms with Gasteiger partial charge in [0, 0.05) is 12.4 Å². The van der Waals surface area contributed by atoms with Gasteiger partial charge in [0.1, 0.15) is 0 Å². The van der Waals surface area contributed by atoms with Crippen LogP contribution in [-0.4, -0.2) is 44.1 Å². The Balaban J connectivity index is 3.70. The second kappa shape index (κ2) is 9.41. The lowest BCUT2D eigenvalue weighted by Gasteiger charge is -2.15. The van der Waals surface area contributed by atoms with Crippen LogP contribution in [0.15, 0.2) is 0 Å². The molecule has 0 aromatic carbocycles. The summed E-state index contributed by atoms with van der Waals surface area (Å²) in [6.45, 7) is 7.32. The van der Waals surface area contributed by atoms with Gasteiger partial charge in [-0.1, -0.05) is 0 Å². The largest absolute Gasteiger partial charge is 0.550 e. The molecule has 0 aliphatic carbocycles. The molecule has 0 saturated carbocycles. The summed E-state index contributed by atoms with van der Waals surface area (Å²) < 4.78 is 0. The zero-order valence-corrected chi connectivity index (χ0v) is 10.9. The normalized spacial score (nSPS) is 10.2. The van der Waals surface area contributed by atoms with E-state index in [0.717, 1.165) is 19.6 Å². The lowest BCUT2D eigenvalue weighted by molar-refractivity contribution is -0.895. The van der Waals surface area contributed by atoms with Gasteiger partial charge in [0.25, 0.3) is 0 Å². The van der Waals surface area contributed by atoms with E-state index in [1.165, 1.54) is 4.90 Å². The average Bonchev–Trinajstić information content (AvgIpc) is 2.32. The minimum absolute atomic E-state index is 0.253. The Morgan fingerprint density at radius 1 is 1.11 bits per heavy atom. The predicted molar refractivity (Wildman–Crippen MR) is 62.7 cm³/mol. The minimum Gasteiger partial charge on any atom is -0.550 e. The number of likely N-dealkylation sites (N-methyl/N-ethyl adjacent to an activating group) is 1. The summed E-state index contributed by atoms with van der Waals surface area (Å²) in [7, 11) is 0. The molecule has 0 unspecified atom stereocenters. The summed E-state index contributed by atoms with van der Waals surface area (Å²) in [5, 5.41) is 14.7. The molecule has 0 bridgehead atoms. The molecule has 0 atom stereocenters. The van der Waals surface area contributed by atoms with Crippen LogP contribution < -0.4 is 20.6 Å². The summed E-state index contributed by atoms with van der Waals surface area (Å²) in [5.41, 5.74) is 0. The Labute approximate surface area is 107 Å². The SMILES string of the molecule is CC[NH+](CC)CCNC(=O)NC(=O)CCC(=O)[O-]. The number of imide groups is 1. The fraction of sp³-hybridized carbons (Fsp3) is 0.727. The Bertz CT molecular complexity index is 290. The summed E-state index contributed by atoms with van der Waals surface area (Å²) in [5.74, 6) is -1.93. The van der Waals surface area contributed by atoms with Crippen molar-refractivity contribution in [2.45, 2.75) is 26.7 Å². The third kappa shape index (κ3) is 8.51. The quantitative estimate of drug-likeness (QED) is 0.440. The zero-order valence-electron chi connectivity index (χ0n) is 10.9. The summed E-state index contributed by atoms with van der Waals surface area (Å²) in [6.07, 6.45) is -0.639. The van der Waals surface area contributed by atoms with Gasteiger partial charge in [0.15, 0.2) is 0 Å². The van der Waals surface area contributed by atoms with Gasteiger partial charge in [0.05, 0.1) is 26.2 Å². The highest BCUT2D eigenvalue weighted by Crippen LogP contribution is 1.86. The van der Waals surface area contributed by atoms with Gasteiger partial charge in [-0.2, -0.15) is 0 Å². The molecule has 0 aromatic rings. The van der Waals surface area contributed by atoms with Crippen LogP contribution in [-0.2, 0) is 9.59 Å². The highest BCUT2D eigenvalue weighted by molar-refractivity contribution is 5.95. The van der Waals surface area contributed by atoms with Crippen molar-refractivity contribution in [3.63, 3.8) is 0 Å². The Morgan fingerprint density at radius 2 is 1.72 bits per heavy atom. The van der Waals surface area contributed by atoms with Crippen LogP contribution in [0, 0.1) is 0 Å². The number of quaternary nitrogens is 1. The zero-order chi connectivity index (χ0) is 14.0. The van der Waals surface area contributed by atoms with Crippen LogP contribution in [0.2, 0.25) is 0 Å². The van der Waals surface area contributed by atoms with Gasteiger partial charge >= 0.3 is 6.03 Å². The molecular weight excluding hydrogens is 238 g/mol. The van der Waals surface area contributed by atoms with E-state index in [0.29, 0.717) is 6.54 Å². The highest BCUT2D eigenvalue weighted by Gasteiger charge is 2.08. The van der Waals surface area contributed by atoms with E-state index in [4.69, 9.17) is 0 Å². The van der Waals surface area contributed by atoms with Crippen molar-refractivity contribution in [1.29, 1.82) is 0 Å². The first kappa shape index (κ1) is 16.4. The van der Waals surface area contributed by atoms with Crippen molar-refractivity contribution in [2.24, 2.45) is 0 Å². The first-order valence-corrected chi connectivity index (χ1v) is 6.10. The first-order chi connectivity index (χ1) is 8.49. The molecule has 0 rings (SSSR count). The number of carbonyl (C=O) groups is 3. The molecule has 0 heterocycles. The van der Waals surface area contributed by atoms with Crippen molar-refractivity contribution in [1.82, 2.24) is 10.6 Å². The molecule has 0 fully saturated rings. The molecule has 0 saturated heterocycles. The van der Waals surface area contributed by atoms with E-state index in [-0.39, 0.29) is 12.8 Å². The van der Waals surface area contributed by atoms with Gasteiger partial charge in [0.2, 0.25) is 5.91 Å². The summed E-state index contributed by atoms with van der Waals surface area (Å²) >= 11 is 0. The fourth-order valence-electron chi connectivity index (χ4n) is 1.41. The number of rotatable bonds is 8. The monoisotopic (exact) mass is 259 g/mol. The van der Waals surface area contributed by atoms with E-state index in [1.807, 2.05) is 0 Å². The molecule has 0 aliphatic rings. The number of aliphatic carboxylic acids is 1. The molecular formula is C11H21N3O4. The highest BCUT2D eigenvalue weighted by atomic mass is 16.4. The van der Waals surface area contributed by atoms with Crippen LogP contribution in [0.1, 0.15) is 26.7 Å². The molecule has 0 aromatic heterocycles. The van der Waals surface area contributed by atoms with Gasteiger partial charge in [-0.15, -0.1) is 0 Å². The van der Waals surface area contributed by atoms with Crippen LogP contribution in [0.25, 0.3) is 0 Å². The summed E-state index contributed by atoms with van der Waals surface area (Å²) in [6, 6.07) is -0.593. The molecule has 0 aliphatic heterocycles. The van der Waals surface area contributed by atoms with Crippen LogP contribution in [0.4, 0.5) is 4.79 Å². The molecule has 104 valence electrons. The molecule has 18 heavy (non-hydrogen) atoms. The van der Waals surface area contributed by atoms with Gasteiger partial charge in [-0.3, -0.25) is 10.1 Å². The summed E-state index contributed by atoms with van der Waals surface area (Å²) in [4.78, 5) is 33.8. The van der Waals surface area contributed by atoms with Crippen LogP contribution in [0.3, 0.4) is 0 Å². The van der Waals surface area contributed by atoms with Crippen LogP contribution in [0.5, 0.6) is 0 Å². The standard InChI is InChI=1S/C11H21N3O4/c1-3-14(4-2)8-7-12-11(18)13-9(15)5-6-10(16)17/h3-8H2,1-2H3,(H,16,17)(H2,12,13,15,18). The maximum Gasteiger partial charge on any atom is 0.321 e. The number of hydrogen-bond acceptors (Lipinski definition) is 4. The maximum absolute atomic E-state index is 11.2. The average molecular weight is 259 g/mol. The molecule has 3 N–H and O–H groups in total. The third-order valence-electron chi connectivity index (χ3n) is 2.57. The van der Waals surface area contributed by atoms with Crippen molar-refractivity contribution < 1.29 is 24.4 Å². The third-order valence-corrected chi connectivity index (χ3v) is 2.57.